The van der Waals surface area contributed by atoms with Crippen molar-refractivity contribution in [2.75, 3.05) is 11.9 Å². The Bertz CT molecular complexity index is 1800. The van der Waals surface area contributed by atoms with E-state index >= 15 is 0 Å². The average Bonchev–Trinajstić information content (AvgIpc) is 3.51. The largest absolute Gasteiger partial charge is 0.423 e. The SMILES string of the molecule is C=C1CCC2[C@](C)(CC[C@@H](O)[C@@]2(C)CO)C1CC(Nc1ccccn1)C1=C/C(=C\c2nn(C)c3[nH]c(=O)[nH]c(=N)c23)OC1=O. The highest BCUT2D eigenvalue weighted by molar-refractivity contribution is 5.96. The van der Waals surface area contributed by atoms with E-state index in [0.29, 0.717) is 41.0 Å². The summed E-state index contributed by atoms with van der Waals surface area (Å²) in [5.74, 6) is 0.456. The van der Waals surface area contributed by atoms with Gasteiger partial charge in [-0.25, -0.2) is 14.6 Å². The summed E-state index contributed by atoms with van der Waals surface area (Å²) in [6, 6.07) is 5.06. The van der Waals surface area contributed by atoms with Crippen LogP contribution in [0, 0.1) is 28.1 Å². The molecular weight excluding hydrogens is 562 g/mol. The Labute approximate surface area is 254 Å². The molecule has 3 unspecified atom stereocenters. The van der Waals surface area contributed by atoms with Crippen LogP contribution < -0.4 is 16.5 Å². The number of pyridine rings is 1. The summed E-state index contributed by atoms with van der Waals surface area (Å²) in [4.78, 5) is 34.9. The Morgan fingerprint density at radius 1 is 1.30 bits per heavy atom. The molecule has 4 heterocycles. The number of carbonyl (C=O) groups is 1. The Hall–Kier alpha value is -4.29. The first kappa shape index (κ1) is 29.8. The molecule has 3 aromatic rings. The molecule has 0 spiro atoms. The standard InChI is InChI=1S/C32H39N7O5/c1-17-8-9-23-31(2,11-10-24(41)32(23,3)16-40)20(17)15-21(35-25-7-5-6-12-34-25)19-13-18(44-29(19)42)14-22-26-27(33)36-30(43)37-28(26)39(4)38-22/h5-7,12-14,20-21,23-24,40-41H,1,8-11,15-16H2,2-4H3,(H,34,35)(H3,33,36,37,43)/b18-14+/t20?,21?,23?,24-,31-,32+/m1/s1. The lowest BCUT2D eigenvalue weighted by Gasteiger charge is -2.60. The fraction of sp³-hybridized carbons (Fsp3) is 0.469. The van der Waals surface area contributed by atoms with Gasteiger partial charge in [-0.2, -0.15) is 5.10 Å². The highest BCUT2D eigenvalue weighted by Crippen LogP contribution is 2.62. The van der Waals surface area contributed by atoms with Crippen LogP contribution >= 0.6 is 0 Å². The summed E-state index contributed by atoms with van der Waals surface area (Å²) in [7, 11) is 1.66. The van der Waals surface area contributed by atoms with E-state index in [4.69, 9.17) is 10.1 Å². The third kappa shape index (κ3) is 4.91. The Morgan fingerprint density at radius 3 is 2.82 bits per heavy atom. The lowest BCUT2D eigenvalue weighted by Crippen LogP contribution is -2.58. The fourth-order valence-electron chi connectivity index (χ4n) is 7.97. The van der Waals surface area contributed by atoms with Crippen molar-refractivity contribution < 1.29 is 19.7 Å². The van der Waals surface area contributed by atoms with Crippen molar-refractivity contribution in [3.63, 3.8) is 0 Å². The summed E-state index contributed by atoms with van der Waals surface area (Å²) in [5, 5.41) is 38.0. The van der Waals surface area contributed by atoms with E-state index in [1.54, 1.807) is 25.4 Å². The van der Waals surface area contributed by atoms with Crippen molar-refractivity contribution in [3.05, 3.63) is 75.6 Å². The van der Waals surface area contributed by atoms with Crippen molar-refractivity contribution in [1.82, 2.24) is 24.7 Å². The number of ether oxygens (including phenoxy) is 1. The van der Waals surface area contributed by atoms with E-state index in [-0.39, 0.29) is 35.1 Å². The quantitative estimate of drug-likeness (QED) is 0.177. The summed E-state index contributed by atoms with van der Waals surface area (Å²) in [5.41, 5.74) is 0.780. The third-order valence-electron chi connectivity index (χ3n) is 10.3. The number of H-pyrrole nitrogens is 2. The molecule has 12 heteroatoms. The van der Waals surface area contributed by atoms with Crippen LogP contribution in [-0.2, 0) is 16.6 Å². The zero-order valence-corrected chi connectivity index (χ0v) is 25.2. The van der Waals surface area contributed by atoms with Crippen LogP contribution in [0.1, 0.15) is 51.6 Å². The normalized spacial score (nSPS) is 30.2. The maximum Gasteiger partial charge on any atom is 0.341 e. The molecule has 2 fully saturated rings. The second kappa shape index (κ2) is 11.0. The van der Waals surface area contributed by atoms with Gasteiger partial charge in [0.2, 0.25) is 0 Å². The van der Waals surface area contributed by atoms with Crippen LogP contribution in [0.3, 0.4) is 0 Å². The zero-order chi connectivity index (χ0) is 31.4. The minimum atomic E-state index is -0.624. The number of rotatable bonds is 7. The molecule has 0 bridgehead atoms. The molecule has 44 heavy (non-hydrogen) atoms. The van der Waals surface area contributed by atoms with Crippen LogP contribution in [0.15, 0.2) is 58.8 Å². The molecule has 6 rings (SSSR count). The number of allylic oxidation sites excluding steroid dienone is 2. The highest BCUT2D eigenvalue weighted by atomic mass is 16.5. The molecule has 0 saturated heterocycles. The van der Waals surface area contributed by atoms with Gasteiger partial charge in [-0.3, -0.25) is 20.1 Å². The third-order valence-corrected chi connectivity index (χ3v) is 10.3. The predicted octanol–water partition coefficient (Wildman–Crippen LogP) is 2.90. The number of hydrogen-bond acceptors (Lipinski definition) is 9. The van der Waals surface area contributed by atoms with E-state index in [9.17, 15) is 19.8 Å². The molecule has 12 nitrogen and oxygen atoms in total. The lowest BCUT2D eigenvalue weighted by atomic mass is 9.46. The van der Waals surface area contributed by atoms with Gasteiger partial charge in [0, 0.05) is 24.7 Å². The number of aliphatic hydroxyl groups is 2. The molecule has 0 radical (unpaired) electrons. The van der Waals surface area contributed by atoms with Crippen molar-refractivity contribution >= 4 is 28.9 Å². The van der Waals surface area contributed by atoms with Crippen LogP contribution in [0.4, 0.5) is 5.82 Å². The first-order chi connectivity index (χ1) is 20.9. The van der Waals surface area contributed by atoms with E-state index in [0.717, 1.165) is 24.8 Å². The van der Waals surface area contributed by atoms with Crippen molar-refractivity contribution in [2.24, 2.45) is 29.7 Å². The predicted molar refractivity (Wildman–Crippen MR) is 164 cm³/mol. The molecule has 6 atom stereocenters. The molecule has 6 N–H and O–H groups in total. The maximum atomic E-state index is 13.5. The summed E-state index contributed by atoms with van der Waals surface area (Å²) >= 11 is 0. The summed E-state index contributed by atoms with van der Waals surface area (Å²) in [6.45, 7) is 8.60. The molecule has 2 saturated carbocycles. The van der Waals surface area contributed by atoms with Crippen molar-refractivity contribution in [2.45, 2.75) is 58.1 Å². The van der Waals surface area contributed by atoms with Crippen LogP contribution in [-0.4, -0.2) is 59.7 Å². The highest BCUT2D eigenvalue weighted by Gasteiger charge is 2.58. The number of cyclic esters (lactones) is 1. The van der Waals surface area contributed by atoms with Crippen LogP contribution in [0.2, 0.25) is 0 Å². The first-order valence-corrected chi connectivity index (χ1v) is 15.0. The minimum absolute atomic E-state index is 0.000495. The van der Waals surface area contributed by atoms with Crippen molar-refractivity contribution in [1.29, 1.82) is 5.41 Å². The van der Waals surface area contributed by atoms with E-state index < -0.39 is 29.2 Å². The maximum absolute atomic E-state index is 13.5. The number of fused-ring (bicyclic) bond motifs is 2. The zero-order valence-electron chi connectivity index (χ0n) is 25.2. The molecule has 2 aliphatic carbocycles. The first-order valence-electron chi connectivity index (χ1n) is 15.0. The topological polar surface area (TPSA) is 182 Å². The van der Waals surface area contributed by atoms with Crippen LogP contribution in [0.25, 0.3) is 17.1 Å². The monoisotopic (exact) mass is 601 g/mol. The number of hydrogen-bond donors (Lipinski definition) is 6. The van der Waals surface area contributed by atoms with Gasteiger partial charge < -0.3 is 20.3 Å². The number of esters is 1. The summed E-state index contributed by atoms with van der Waals surface area (Å²) < 4.78 is 7.19. The van der Waals surface area contributed by atoms with E-state index in [2.05, 4.69) is 38.9 Å². The fourth-order valence-corrected chi connectivity index (χ4v) is 7.97. The van der Waals surface area contributed by atoms with E-state index in [1.807, 2.05) is 25.1 Å². The van der Waals surface area contributed by atoms with Gasteiger partial charge in [-0.1, -0.05) is 32.1 Å². The Morgan fingerprint density at radius 2 is 2.09 bits per heavy atom. The van der Waals surface area contributed by atoms with E-state index in [1.165, 1.54) is 4.68 Å². The van der Waals surface area contributed by atoms with Gasteiger partial charge in [0.15, 0.2) is 0 Å². The minimum Gasteiger partial charge on any atom is -0.423 e. The number of nitrogens with one attached hydrogen (secondary N) is 4. The van der Waals surface area contributed by atoms with Gasteiger partial charge in [0.25, 0.3) is 0 Å². The molecular formula is C32H39N7O5. The van der Waals surface area contributed by atoms with Gasteiger partial charge in [-0.05, 0) is 67.6 Å². The molecule has 3 aliphatic rings. The number of carbonyl (C=O) groups excluding carboxylic acids is 1. The Kier molecular flexibility index (Phi) is 7.45. The molecule has 1 aliphatic heterocycles. The van der Waals surface area contributed by atoms with Gasteiger partial charge in [0.05, 0.1) is 29.7 Å². The van der Waals surface area contributed by atoms with Crippen LogP contribution in [0.5, 0.6) is 0 Å². The Balaban J connectivity index is 1.39. The molecule has 3 aromatic heterocycles. The number of aromatic amines is 2. The van der Waals surface area contributed by atoms with Crippen molar-refractivity contribution in [3.8, 4) is 0 Å². The summed E-state index contributed by atoms with van der Waals surface area (Å²) in [6.07, 6.45) is 7.90. The molecule has 0 aromatic carbocycles. The number of nitrogens with zero attached hydrogens (tertiary/aromatic N) is 3. The molecule has 0 amide bonds. The number of aryl methyl sites for hydroxylation is 1. The second-order valence-corrected chi connectivity index (χ2v) is 12.9. The van der Waals surface area contributed by atoms with Gasteiger partial charge >= 0.3 is 11.7 Å². The van der Waals surface area contributed by atoms with Gasteiger partial charge in [0.1, 0.15) is 28.4 Å². The number of aromatic nitrogens is 5. The second-order valence-electron chi connectivity index (χ2n) is 12.9. The average molecular weight is 602 g/mol. The number of aliphatic hydroxyl groups excluding tert-OH is 2. The number of anilines is 1. The molecule has 232 valence electrons. The smallest absolute Gasteiger partial charge is 0.341 e. The lowest BCUT2D eigenvalue weighted by molar-refractivity contribution is -0.152. The van der Waals surface area contributed by atoms with Gasteiger partial charge in [-0.15, -0.1) is 0 Å².